The van der Waals surface area contributed by atoms with Crippen LogP contribution in [0.15, 0.2) is 16.5 Å². The van der Waals surface area contributed by atoms with Crippen LogP contribution in [0.1, 0.15) is 21.7 Å². The van der Waals surface area contributed by atoms with Crippen LogP contribution in [-0.2, 0) is 0 Å². The van der Waals surface area contributed by atoms with Gasteiger partial charge in [0.1, 0.15) is 0 Å². The molecule has 1 saturated carbocycles. The first-order valence-electron chi connectivity index (χ1n) is 7.98. The van der Waals surface area contributed by atoms with Crippen LogP contribution in [0, 0.1) is 31.6 Å². The predicted molar refractivity (Wildman–Crippen MR) is 84.6 cm³/mol. The van der Waals surface area contributed by atoms with E-state index in [0.29, 0.717) is 42.0 Å². The number of rotatable bonds is 3. The first-order chi connectivity index (χ1) is 11.0. The maximum absolute atomic E-state index is 12.8. The minimum atomic E-state index is -0.266. The minimum Gasteiger partial charge on any atom is -0.493 e. The van der Waals surface area contributed by atoms with Gasteiger partial charge in [0.25, 0.3) is 5.91 Å². The fourth-order valence-corrected chi connectivity index (χ4v) is 3.97. The largest absolute Gasteiger partial charge is 0.493 e. The number of amides is 1. The summed E-state index contributed by atoms with van der Waals surface area (Å²) < 4.78 is 24.0. The number of nitrogens with zero attached hydrogens (tertiary/aromatic N) is 1. The maximum atomic E-state index is 12.8. The van der Waals surface area contributed by atoms with Crippen molar-refractivity contribution in [2.45, 2.75) is 13.8 Å². The van der Waals surface area contributed by atoms with Gasteiger partial charge in [0.15, 0.2) is 17.1 Å². The van der Waals surface area contributed by atoms with Crippen molar-refractivity contribution in [3.8, 4) is 5.75 Å². The molecule has 1 amide bonds. The van der Waals surface area contributed by atoms with E-state index < -0.39 is 0 Å². The highest BCUT2D eigenvalue weighted by atomic mass is 19.1. The lowest BCUT2D eigenvalue weighted by Gasteiger charge is -2.18. The lowest BCUT2D eigenvalue weighted by Crippen LogP contribution is -2.31. The van der Waals surface area contributed by atoms with E-state index in [0.717, 1.165) is 16.5 Å². The van der Waals surface area contributed by atoms with Gasteiger partial charge in [-0.05, 0) is 49.3 Å². The van der Waals surface area contributed by atoms with Crippen LogP contribution < -0.4 is 4.74 Å². The van der Waals surface area contributed by atoms with E-state index in [2.05, 4.69) is 0 Å². The van der Waals surface area contributed by atoms with Gasteiger partial charge in [-0.2, -0.15) is 0 Å². The molecule has 1 aromatic carbocycles. The van der Waals surface area contributed by atoms with Crippen LogP contribution in [0.4, 0.5) is 4.39 Å². The zero-order chi connectivity index (χ0) is 16.3. The van der Waals surface area contributed by atoms with Crippen molar-refractivity contribution in [1.29, 1.82) is 0 Å². The standard InChI is InChI=1S/C18H20FNO3/c1-9-4-11-10(2)16(23-17(11)15(5-9)22-3)18(21)20-7-13-12(6-19)14(13)8-20/h4-5,12-14H,6-8H2,1-3H3/t12?,13-,14+. The number of furan rings is 1. The molecule has 1 saturated heterocycles. The normalized spacial score (nSPS) is 25.7. The third-order valence-electron chi connectivity index (χ3n) is 5.40. The molecular formula is C18H20FNO3. The lowest BCUT2D eigenvalue weighted by molar-refractivity contribution is 0.0734. The van der Waals surface area contributed by atoms with Crippen LogP contribution in [0.5, 0.6) is 5.75 Å². The molecule has 1 aromatic heterocycles. The molecule has 122 valence electrons. The van der Waals surface area contributed by atoms with Crippen LogP contribution in [0.2, 0.25) is 0 Å². The van der Waals surface area contributed by atoms with Crippen LogP contribution in [0.3, 0.4) is 0 Å². The Balaban J connectivity index is 1.67. The Labute approximate surface area is 134 Å². The molecular weight excluding hydrogens is 297 g/mol. The molecule has 0 spiro atoms. The number of aryl methyl sites for hydroxylation is 2. The van der Waals surface area contributed by atoms with Crippen molar-refractivity contribution in [2.75, 3.05) is 26.9 Å². The van der Waals surface area contributed by atoms with Crippen molar-refractivity contribution in [3.05, 3.63) is 29.0 Å². The Morgan fingerprint density at radius 1 is 1.35 bits per heavy atom. The van der Waals surface area contributed by atoms with E-state index in [1.54, 1.807) is 12.0 Å². The number of carbonyl (C=O) groups excluding carboxylic acids is 1. The molecule has 1 aliphatic heterocycles. The topological polar surface area (TPSA) is 42.7 Å². The Hall–Kier alpha value is -2.04. The quantitative estimate of drug-likeness (QED) is 0.872. The van der Waals surface area contributed by atoms with Crippen molar-refractivity contribution in [2.24, 2.45) is 17.8 Å². The van der Waals surface area contributed by atoms with Crippen molar-refractivity contribution in [3.63, 3.8) is 0 Å². The second-order valence-corrected chi connectivity index (χ2v) is 6.76. The molecule has 0 radical (unpaired) electrons. The molecule has 3 atom stereocenters. The van der Waals surface area contributed by atoms with Gasteiger partial charge in [-0.3, -0.25) is 9.18 Å². The van der Waals surface area contributed by atoms with Crippen molar-refractivity contribution < 1.29 is 18.3 Å². The smallest absolute Gasteiger partial charge is 0.289 e. The molecule has 1 aliphatic carbocycles. The van der Waals surface area contributed by atoms with Crippen LogP contribution in [-0.4, -0.2) is 37.7 Å². The summed E-state index contributed by atoms with van der Waals surface area (Å²) >= 11 is 0. The Kier molecular flexibility index (Phi) is 3.15. The predicted octanol–water partition coefficient (Wildman–Crippen LogP) is 3.35. The van der Waals surface area contributed by atoms with Gasteiger partial charge in [0, 0.05) is 24.0 Å². The van der Waals surface area contributed by atoms with Gasteiger partial charge in [-0.1, -0.05) is 0 Å². The summed E-state index contributed by atoms with van der Waals surface area (Å²) in [6.07, 6.45) is 0. The summed E-state index contributed by atoms with van der Waals surface area (Å²) in [5, 5.41) is 0.913. The van der Waals surface area contributed by atoms with E-state index in [-0.39, 0.29) is 18.5 Å². The fraction of sp³-hybridized carbons (Fsp3) is 0.500. The highest BCUT2D eigenvalue weighted by molar-refractivity contribution is 6.00. The summed E-state index contributed by atoms with van der Waals surface area (Å²) in [5.74, 6) is 1.77. The highest BCUT2D eigenvalue weighted by Gasteiger charge is 2.56. The average Bonchev–Trinajstić information content (AvgIpc) is 2.87. The SMILES string of the molecule is COc1cc(C)cc2c(C)c(C(=O)N3C[C@@H]4C(CF)[C@@H]4C3)oc12. The summed E-state index contributed by atoms with van der Waals surface area (Å²) in [4.78, 5) is 14.6. The lowest BCUT2D eigenvalue weighted by atomic mass is 10.1. The first-order valence-corrected chi connectivity index (χ1v) is 7.98. The second-order valence-electron chi connectivity index (χ2n) is 6.76. The number of benzene rings is 1. The van der Waals surface area contributed by atoms with Gasteiger partial charge in [-0.25, -0.2) is 0 Å². The molecule has 2 heterocycles. The van der Waals surface area contributed by atoms with E-state index in [1.165, 1.54) is 0 Å². The number of hydrogen-bond acceptors (Lipinski definition) is 3. The number of ether oxygens (including phenoxy) is 1. The number of hydrogen-bond donors (Lipinski definition) is 0. The molecule has 4 nitrogen and oxygen atoms in total. The molecule has 0 bridgehead atoms. The Morgan fingerprint density at radius 2 is 2.04 bits per heavy atom. The molecule has 5 heteroatoms. The Bertz CT molecular complexity index is 785. The summed E-state index contributed by atoms with van der Waals surface area (Å²) in [7, 11) is 1.60. The zero-order valence-electron chi connectivity index (χ0n) is 13.6. The summed E-state index contributed by atoms with van der Waals surface area (Å²) in [6, 6.07) is 3.91. The molecule has 2 aromatic rings. The highest BCUT2D eigenvalue weighted by Crippen LogP contribution is 2.52. The third kappa shape index (κ3) is 2.06. The van der Waals surface area contributed by atoms with Gasteiger partial charge in [0.05, 0.1) is 13.8 Å². The molecule has 2 aliphatic rings. The maximum Gasteiger partial charge on any atom is 0.289 e. The third-order valence-corrected chi connectivity index (χ3v) is 5.40. The van der Waals surface area contributed by atoms with Crippen LogP contribution >= 0.6 is 0 Å². The molecule has 23 heavy (non-hydrogen) atoms. The second kappa shape index (κ2) is 4.98. The number of fused-ring (bicyclic) bond motifs is 2. The number of carbonyl (C=O) groups is 1. The fourth-order valence-electron chi connectivity index (χ4n) is 3.97. The summed E-state index contributed by atoms with van der Waals surface area (Å²) in [6.45, 7) is 4.91. The zero-order valence-corrected chi connectivity index (χ0v) is 13.6. The monoisotopic (exact) mass is 317 g/mol. The first kappa shape index (κ1) is 14.5. The minimum absolute atomic E-state index is 0.0942. The van der Waals surface area contributed by atoms with Gasteiger partial charge >= 0.3 is 0 Å². The molecule has 1 unspecified atom stereocenters. The number of alkyl halides is 1. The molecule has 2 fully saturated rings. The van der Waals surface area contributed by atoms with E-state index in [1.807, 2.05) is 26.0 Å². The van der Waals surface area contributed by atoms with E-state index >= 15 is 0 Å². The van der Waals surface area contributed by atoms with Gasteiger partial charge < -0.3 is 14.1 Å². The van der Waals surface area contributed by atoms with Gasteiger partial charge in [-0.15, -0.1) is 0 Å². The molecule has 0 N–H and O–H groups in total. The van der Waals surface area contributed by atoms with Gasteiger partial charge in [0.2, 0.25) is 0 Å². The Morgan fingerprint density at radius 3 is 2.65 bits per heavy atom. The van der Waals surface area contributed by atoms with E-state index in [9.17, 15) is 9.18 Å². The van der Waals surface area contributed by atoms with Crippen LogP contribution in [0.25, 0.3) is 11.0 Å². The number of piperidine rings is 1. The van der Waals surface area contributed by atoms with Crippen molar-refractivity contribution >= 4 is 16.9 Å². The molecule has 4 rings (SSSR count). The number of likely N-dealkylation sites (tertiary alicyclic amines) is 1. The number of methoxy groups -OCH3 is 1. The van der Waals surface area contributed by atoms with E-state index in [4.69, 9.17) is 9.15 Å². The summed E-state index contributed by atoms with van der Waals surface area (Å²) in [5.41, 5.74) is 2.52. The van der Waals surface area contributed by atoms with Crippen molar-refractivity contribution in [1.82, 2.24) is 4.90 Å². The average molecular weight is 317 g/mol. The number of halogens is 1.